The van der Waals surface area contributed by atoms with E-state index in [4.69, 9.17) is 4.74 Å². The number of pyridine rings is 1. The summed E-state index contributed by atoms with van der Waals surface area (Å²) in [4.78, 5) is 18.1. The number of H-pyrrole nitrogens is 1. The van der Waals surface area contributed by atoms with Crippen LogP contribution in [0.3, 0.4) is 0 Å². The van der Waals surface area contributed by atoms with Crippen LogP contribution in [0.15, 0.2) is 59.4 Å². The molecule has 172 valence electrons. The smallest absolute Gasteiger partial charge is 0.252 e. The van der Waals surface area contributed by atoms with Crippen molar-refractivity contribution in [3.8, 4) is 5.75 Å². The zero-order valence-electron chi connectivity index (χ0n) is 19.6. The highest BCUT2D eigenvalue weighted by Gasteiger charge is 2.22. The van der Waals surface area contributed by atoms with Crippen molar-refractivity contribution in [3.05, 3.63) is 81.9 Å². The molecule has 2 aromatic heterocycles. The van der Waals surface area contributed by atoms with Gasteiger partial charge in [-0.15, -0.1) is 5.10 Å². The molecule has 0 fully saturated rings. The minimum atomic E-state index is -0.243. The molecular weight excluding hydrogens is 416 g/mol. The number of tetrazole rings is 1. The Morgan fingerprint density at radius 3 is 2.55 bits per heavy atom. The van der Waals surface area contributed by atoms with Gasteiger partial charge in [0, 0.05) is 29.6 Å². The molecule has 33 heavy (non-hydrogen) atoms. The molecule has 2 heterocycles. The summed E-state index contributed by atoms with van der Waals surface area (Å²) < 4.78 is 7.47. The van der Waals surface area contributed by atoms with Crippen LogP contribution in [-0.4, -0.2) is 36.7 Å². The van der Waals surface area contributed by atoms with Crippen molar-refractivity contribution in [2.45, 2.75) is 52.9 Å². The van der Waals surface area contributed by atoms with E-state index in [-0.39, 0.29) is 11.1 Å². The van der Waals surface area contributed by atoms with E-state index in [9.17, 15) is 4.79 Å². The van der Waals surface area contributed by atoms with Gasteiger partial charge in [0.25, 0.3) is 5.56 Å². The maximum absolute atomic E-state index is 12.9. The van der Waals surface area contributed by atoms with E-state index in [2.05, 4.69) is 58.3 Å². The number of benzene rings is 2. The second-order valence-corrected chi connectivity index (χ2v) is 9.11. The van der Waals surface area contributed by atoms with Gasteiger partial charge in [0.2, 0.25) is 0 Å². The Kier molecular flexibility index (Phi) is 6.55. The summed E-state index contributed by atoms with van der Waals surface area (Å²) >= 11 is 0. The van der Waals surface area contributed by atoms with E-state index in [1.807, 2.05) is 54.1 Å². The normalized spacial score (nSPS) is 11.9. The number of hydrogen-bond acceptors (Lipinski definition) is 6. The second-order valence-electron chi connectivity index (χ2n) is 9.11. The minimum Gasteiger partial charge on any atom is -0.494 e. The number of hydrogen-bond donors (Lipinski definition) is 1. The Hall–Kier alpha value is -3.52. The van der Waals surface area contributed by atoms with Crippen LogP contribution in [0.5, 0.6) is 5.75 Å². The van der Waals surface area contributed by atoms with Crippen LogP contribution in [0, 0.1) is 0 Å². The van der Waals surface area contributed by atoms with Crippen molar-refractivity contribution in [1.82, 2.24) is 30.1 Å². The van der Waals surface area contributed by atoms with Crippen molar-refractivity contribution in [2.24, 2.45) is 0 Å². The van der Waals surface area contributed by atoms with Crippen LogP contribution in [0.2, 0.25) is 0 Å². The SMILES string of the molecule is CCOc1ccc2[nH]c(=O)c(CN(Cc3ccccc3)Cc3nnnn3C(C)(C)C)cc2c1. The van der Waals surface area contributed by atoms with Crippen LogP contribution < -0.4 is 10.3 Å². The van der Waals surface area contributed by atoms with E-state index >= 15 is 0 Å². The highest BCUT2D eigenvalue weighted by molar-refractivity contribution is 5.80. The van der Waals surface area contributed by atoms with E-state index in [1.54, 1.807) is 0 Å². The van der Waals surface area contributed by atoms with Crippen LogP contribution in [-0.2, 0) is 25.2 Å². The summed E-state index contributed by atoms with van der Waals surface area (Å²) in [6.45, 7) is 10.4. The van der Waals surface area contributed by atoms with Crippen molar-refractivity contribution in [1.29, 1.82) is 0 Å². The molecule has 1 N–H and O–H groups in total. The summed E-state index contributed by atoms with van der Waals surface area (Å²) in [6.07, 6.45) is 0. The number of fused-ring (bicyclic) bond motifs is 1. The molecule has 8 heteroatoms. The number of aromatic nitrogens is 5. The lowest BCUT2D eigenvalue weighted by atomic mass is 10.1. The van der Waals surface area contributed by atoms with Gasteiger partial charge >= 0.3 is 0 Å². The van der Waals surface area contributed by atoms with Gasteiger partial charge in [0.1, 0.15) is 5.75 Å². The average molecular weight is 447 g/mol. The summed E-state index contributed by atoms with van der Waals surface area (Å²) in [5.41, 5.74) is 2.29. The number of ether oxygens (including phenoxy) is 1. The zero-order chi connectivity index (χ0) is 23.4. The first-order chi connectivity index (χ1) is 15.8. The molecule has 4 aromatic rings. The zero-order valence-corrected chi connectivity index (χ0v) is 19.6. The predicted molar refractivity (Wildman–Crippen MR) is 128 cm³/mol. The molecule has 0 spiro atoms. The highest BCUT2D eigenvalue weighted by Crippen LogP contribution is 2.21. The molecule has 8 nitrogen and oxygen atoms in total. The van der Waals surface area contributed by atoms with Gasteiger partial charge in [-0.2, -0.15) is 0 Å². The van der Waals surface area contributed by atoms with Crippen LogP contribution in [0.4, 0.5) is 0 Å². The third-order valence-electron chi connectivity index (χ3n) is 5.38. The first kappa shape index (κ1) is 22.7. The van der Waals surface area contributed by atoms with E-state index in [1.165, 1.54) is 0 Å². The number of nitrogens with zero attached hydrogens (tertiary/aromatic N) is 5. The summed E-state index contributed by atoms with van der Waals surface area (Å²) in [7, 11) is 0. The fourth-order valence-electron chi connectivity index (χ4n) is 3.88. The van der Waals surface area contributed by atoms with Gasteiger partial charge < -0.3 is 9.72 Å². The molecule has 0 atom stereocenters. The number of rotatable bonds is 8. The largest absolute Gasteiger partial charge is 0.494 e. The van der Waals surface area contributed by atoms with Gasteiger partial charge in [0.05, 0.1) is 18.7 Å². The minimum absolute atomic E-state index is 0.0971. The molecule has 0 bridgehead atoms. The topological polar surface area (TPSA) is 88.9 Å². The van der Waals surface area contributed by atoms with Gasteiger partial charge in [-0.05, 0) is 68.0 Å². The molecule has 0 saturated carbocycles. The lowest BCUT2D eigenvalue weighted by molar-refractivity contribution is 0.223. The molecular formula is C25H30N6O2. The second kappa shape index (κ2) is 9.54. The van der Waals surface area contributed by atoms with Gasteiger partial charge in [-0.25, -0.2) is 4.68 Å². The molecule has 0 aliphatic carbocycles. The predicted octanol–water partition coefficient (Wildman–Crippen LogP) is 3.87. The Bertz CT molecular complexity index is 1270. The molecule has 0 unspecified atom stereocenters. The Balaban J connectivity index is 1.67. The molecule has 0 radical (unpaired) electrons. The highest BCUT2D eigenvalue weighted by atomic mass is 16.5. The van der Waals surface area contributed by atoms with Gasteiger partial charge in [0.15, 0.2) is 5.82 Å². The number of nitrogens with one attached hydrogen (secondary N) is 1. The molecule has 2 aromatic carbocycles. The standard InChI is InChI=1S/C25H30N6O2/c1-5-33-21-11-12-22-19(14-21)13-20(24(32)26-22)16-30(15-18-9-7-6-8-10-18)17-23-27-28-29-31(23)25(2,3)4/h6-14H,5,15-17H2,1-4H3,(H,26,32). The van der Waals surface area contributed by atoms with E-state index < -0.39 is 0 Å². The van der Waals surface area contributed by atoms with Crippen LogP contribution in [0.25, 0.3) is 10.9 Å². The Morgan fingerprint density at radius 2 is 1.82 bits per heavy atom. The molecule has 0 aliphatic heterocycles. The molecule has 0 saturated heterocycles. The monoisotopic (exact) mass is 446 g/mol. The maximum atomic E-state index is 12.9. The van der Waals surface area contributed by atoms with Crippen molar-refractivity contribution < 1.29 is 4.74 Å². The quantitative estimate of drug-likeness (QED) is 0.442. The fourth-order valence-corrected chi connectivity index (χ4v) is 3.88. The first-order valence-electron chi connectivity index (χ1n) is 11.2. The van der Waals surface area contributed by atoms with Crippen molar-refractivity contribution in [3.63, 3.8) is 0 Å². The average Bonchev–Trinajstić information content (AvgIpc) is 3.24. The first-order valence-corrected chi connectivity index (χ1v) is 11.2. The lowest BCUT2D eigenvalue weighted by Gasteiger charge is -2.25. The van der Waals surface area contributed by atoms with E-state index in [0.717, 1.165) is 28.0 Å². The van der Waals surface area contributed by atoms with Gasteiger partial charge in [-0.1, -0.05) is 30.3 Å². The van der Waals surface area contributed by atoms with E-state index in [0.29, 0.717) is 31.8 Å². The van der Waals surface area contributed by atoms with Crippen LogP contribution in [0.1, 0.15) is 44.6 Å². The molecule has 0 aliphatic rings. The third kappa shape index (κ3) is 5.46. The van der Waals surface area contributed by atoms with Crippen LogP contribution >= 0.6 is 0 Å². The lowest BCUT2D eigenvalue weighted by Crippen LogP contribution is -2.31. The van der Waals surface area contributed by atoms with Crippen molar-refractivity contribution in [2.75, 3.05) is 6.61 Å². The Morgan fingerprint density at radius 1 is 1.03 bits per heavy atom. The third-order valence-corrected chi connectivity index (χ3v) is 5.38. The summed E-state index contributed by atoms with van der Waals surface area (Å²) in [5, 5.41) is 13.3. The number of aromatic amines is 1. The van der Waals surface area contributed by atoms with Crippen molar-refractivity contribution >= 4 is 10.9 Å². The molecule has 0 amide bonds. The molecule has 4 rings (SSSR count). The Labute approximate surface area is 193 Å². The summed E-state index contributed by atoms with van der Waals surface area (Å²) in [6, 6.07) is 17.9. The fraction of sp³-hybridized carbons (Fsp3) is 0.360. The summed E-state index contributed by atoms with van der Waals surface area (Å²) in [5.74, 6) is 1.54. The maximum Gasteiger partial charge on any atom is 0.252 e. The van der Waals surface area contributed by atoms with Gasteiger partial charge in [-0.3, -0.25) is 9.69 Å².